The molecule has 0 atom stereocenters. The monoisotopic (exact) mass is 410 g/mol. The van der Waals surface area contributed by atoms with E-state index in [-0.39, 0.29) is 18.3 Å². The molecule has 1 fully saturated rings. The zero-order chi connectivity index (χ0) is 19.3. The Kier molecular flexibility index (Phi) is 7.18. The third kappa shape index (κ3) is 4.92. The van der Waals surface area contributed by atoms with E-state index in [1.165, 1.54) is 12.8 Å². The summed E-state index contributed by atoms with van der Waals surface area (Å²) in [6.45, 7) is 1.50. The van der Waals surface area contributed by atoms with E-state index in [0.717, 1.165) is 48.1 Å². The van der Waals surface area contributed by atoms with Crippen LogP contribution in [0.3, 0.4) is 0 Å². The number of fused-ring (bicyclic) bond motifs is 1. The van der Waals surface area contributed by atoms with Crippen LogP contribution < -0.4 is 11.1 Å². The van der Waals surface area contributed by atoms with Gasteiger partial charge >= 0.3 is 0 Å². The van der Waals surface area contributed by atoms with Crippen LogP contribution in [-0.2, 0) is 0 Å². The molecule has 1 saturated carbocycles. The van der Waals surface area contributed by atoms with Crippen molar-refractivity contribution in [2.24, 2.45) is 17.6 Å². The third-order valence-corrected chi connectivity index (χ3v) is 5.79. The fourth-order valence-corrected chi connectivity index (χ4v) is 4.04. The van der Waals surface area contributed by atoms with Gasteiger partial charge in [0.05, 0.1) is 16.8 Å². The predicted octanol–water partition coefficient (Wildman–Crippen LogP) is 4.21. The molecule has 3 aromatic rings. The molecule has 152 valence electrons. The van der Waals surface area contributed by atoms with E-state index in [4.69, 9.17) is 10.7 Å². The molecule has 0 spiro atoms. The average Bonchev–Trinajstić information content (AvgIpc) is 2.77. The van der Waals surface area contributed by atoms with Crippen molar-refractivity contribution >= 4 is 29.2 Å². The summed E-state index contributed by atoms with van der Waals surface area (Å²) in [6, 6.07) is 13.5. The van der Waals surface area contributed by atoms with Crippen molar-refractivity contribution in [2.45, 2.75) is 25.7 Å². The smallest absolute Gasteiger partial charge is 0.252 e. The van der Waals surface area contributed by atoms with Gasteiger partial charge in [-0.05, 0) is 68.3 Å². The van der Waals surface area contributed by atoms with E-state index < -0.39 is 0 Å². The number of para-hydroxylation sites is 1. The Morgan fingerprint density at radius 3 is 2.45 bits per heavy atom. The van der Waals surface area contributed by atoms with Crippen molar-refractivity contribution in [3.8, 4) is 11.3 Å². The minimum absolute atomic E-state index is 0. The summed E-state index contributed by atoms with van der Waals surface area (Å²) in [5.74, 6) is 1.16. The fourth-order valence-electron chi connectivity index (χ4n) is 4.04. The van der Waals surface area contributed by atoms with E-state index in [1.807, 2.05) is 42.5 Å². The van der Waals surface area contributed by atoms with Gasteiger partial charge in [-0.3, -0.25) is 9.78 Å². The molecule has 3 N–H and O–H groups in total. The van der Waals surface area contributed by atoms with E-state index >= 15 is 0 Å². The van der Waals surface area contributed by atoms with Gasteiger partial charge in [0.1, 0.15) is 0 Å². The van der Waals surface area contributed by atoms with Crippen LogP contribution in [0.5, 0.6) is 0 Å². The average molecular weight is 411 g/mol. The Labute approximate surface area is 177 Å². The summed E-state index contributed by atoms with van der Waals surface area (Å²) in [5.41, 5.74) is 9.02. The summed E-state index contributed by atoms with van der Waals surface area (Å²) in [5, 5.41) is 4.04. The summed E-state index contributed by atoms with van der Waals surface area (Å²) in [7, 11) is 0. The molecule has 4 rings (SSSR count). The van der Waals surface area contributed by atoms with Crippen LogP contribution >= 0.6 is 12.4 Å². The van der Waals surface area contributed by atoms with Crippen LogP contribution in [-0.4, -0.2) is 29.0 Å². The highest BCUT2D eigenvalue weighted by atomic mass is 35.5. The second-order valence-electron chi connectivity index (χ2n) is 7.64. The lowest BCUT2D eigenvalue weighted by atomic mass is 9.82. The molecule has 5 nitrogen and oxygen atoms in total. The van der Waals surface area contributed by atoms with Crippen molar-refractivity contribution in [1.29, 1.82) is 0 Å². The summed E-state index contributed by atoms with van der Waals surface area (Å²) >= 11 is 0. The molecule has 0 bridgehead atoms. The van der Waals surface area contributed by atoms with E-state index in [1.54, 1.807) is 12.4 Å². The Balaban J connectivity index is 0.00000240. The second kappa shape index (κ2) is 9.81. The van der Waals surface area contributed by atoms with Crippen LogP contribution in [0, 0.1) is 11.8 Å². The first kappa shape index (κ1) is 21.2. The van der Waals surface area contributed by atoms with Gasteiger partial charge in [0.2, 0.25) is 0 Å². The summed E-state index contributed by atoms with van der Waals surface area (Å²) < 4.78 is 0. The number of carbonyl (C=O) groups excluding carboxylic acids is 1. The summed E-state index contributed by atoms with van der Waals surface area (Å²) in [4.78, 5) is 21.8. The zero-order valence-corrected chi connectivity index (χ0v) is 17.2. The molecule has 1 aliphatic rings. The van der Waals surface area contributed by atoms with Gasteiger partial charge in [0.15, 0.2) is 0 Å². The maximum absolute atomic E-state index is 13.0. The van der Waals surface area contributed by atoms with Crippen LogP contribution in [0.2, 0.25) is 0 Å². The zero-order valence-electron chi connectivity index (χ0n) is 16.4. The first-order valence-corrected chi connectivity index (χ1v) is 10.0. The maximum Gasteiger partial charge on any atom is 0.252 e. The van der Waals surface area contributed by atoms with Crippen LogP contribution in [0.25, 0.3) is 22.2 Å². The van der Waals surface area contributed by atoms with E-state index in [9.17, 15) is 4.79 Å². The molecule has 1 aromatic carbocycles. The molecule has 2 heterocycles. The van der Waals surface area contributed by atoms with E-state index in [0.29, 0.717) is 17.4 Å². The molecule has 1 aliphatic carbocycles. The number of nitrogens with two attached hydrogens (primary N) is 1. The number of rotatable bonds is 5. The van der Waals surface area contributed by atoms with Crippen LogP contribution in [0.1, 0.15) is 36.0 Å². The first-order chi connectivity index (χ1) is 13.7. The molecule has 0 saturated heterocycles. The molecule has 2 aromatic heterocycles. The van der Waals surface area contributed by atoms with Gasteiger partial charge in [-0.15, -0.1) is 12.4 Å². The normalized spacial score (nSPS) is 18.8. The van der Waals surface area contributed by atoms with Gasteiger partial charge in [-0.2, -0.15) is 0 Å². The SMILES string of the molecule is Cl.NC[C@H]1CC[C@H](CNC(=O)c2cc(-c3ccncc3)nc3ccccc23)CC1. The number of hydrogen-bond donors (Lipinski definition) is 2. The first-order valence-electron chi connectivity index (χ1n) is 10.0. The number of pyridine rings is 2. The molecule has 0 aliphatic heterocycles. The number of carbonyl (C=O) groups is 1. The van der Waals surface area contributed by atoms with E-state index in [2.05, 4.69) is 10.3 Å². The van der Waals surface area contributed by atoms with Crippen molar-refractivity contribution in [2.75, 3.05) is 13.1 Å². The van der Waals surface area contributed by atoms with Crippen molar-refractivity contribution in [3.63, 3.8) is 0 Å². The number of nitrogens with zero attached hydrogens (tertiary/aromatic N) is 2. The van der Waals surface area contributed by atoms with Gasteiger partial charge in [-0.25, -0.2) is 4.98 Å². The lowest BCUT2D eigenvalue weighted by molar-refractivity contribution is 0.0943. The fraction of sp³-hybridized carbons (Fsp3) is 0.348. The third-order valence-electron chi connectivity index (χ3n) is 5.79. The van der Waals surface area contributed by atoms with Crippen molar-refractivity contribution in [3.05, 3.63) is 60.4 Å². The van der Waals surface area contributed by atoms with Gasteiger partial charge in [0.25, 0.3) is 5.91 Å². The number of halogens is 1. The van der Waals surface area contributed by atoms with Crippen molar-refractivity contribution < 1.29 is 4.79 Å². The lowest BCUT2D eigenvalue weighted by Gasteiger charge is -2.27. The Bertz CT molecular complexity index is 956. The predicted molar refractivity (Wildman–Crippen MR) is 119 cm³/mol. The van der Waals surface area contributed by atoms with Crippen molar-refractivity contribution in [1.82, 2.24) is 15.3 Å². The highest BCUT2D eigenvalue weighted by molar-refractivity contribution is 6.07. The lowest BCUT2D eigenvalue weighted by Crippen LogP contribution is -2.32. The number of amides is 1. The van der Waals surface area contributed by atoms with Crippen LogP contribution in [0.15, 0.2) is 54.9 Å². The molecular formula is C23H27ClN4O. The van der Waals surface area contributed by atoms with Gasteiger partial charge in [0, 0.05) is 29.9 Å². The summed E-state index contributed by atoms with van der Waals surface area (Å²) in [6.07, 6.45) is 8.10. The molecule has 6 heteroatoms. The number of hydrogen-bond acceptors (Lipinski definition) is 4. The quantitative estimate of drug-likeness (QED) is 0.660. The highest BCUT2D eigenvalue weighted by Crippen LogP contribution is 2.28. The largest absolute Gasteiger partial charge is 0.352 e. The molecule has 0 unspecified atom stereocenters. The molecular weight excluding hydrogens is 384 g/mol. The molecule has 0 radical (unpaired) electrons. The topological polar surface area (TPSA) is 80.9 Å². The highest BCUT2D eigenvalue weighted by Gasteiger charge is 2.21. The molecule has 1 amide bonds. The number of nitrogens with one attached hydrogen (secondary N) is 1. The number of benzene rings is 1. The van der Waals surface area contributed by atoms with Gasteiger partial charge in [-0.1, -0.05) is 18.2 Å². The van der Waals surface area contributed by atoms with Crippen LogP contribution in [0.4, 0.5) is 0 Å². The standard InChI is InChI=1S/C23H26N4O.ClH/c24-14-16-5-7-17(8-6-16)15-26-23(28)20-13-22(18-9-11-25-12-10-18)27-21-4-2-1-3-19(20)21;/h1-4,9-13,16-17H,5-8,14-15,24H2,(H,26,28);1H/t16-,17-;. The molecule has 29 heavy (non-hydrogen) atoms. The Morgan fingerprint density at radius 2 is 1.72 bits per heavy atom. The maximum atomic E-state index is 13.0. The number of aromatic nitrogens is 2. The van der Waals surface area contributed by atoms with Gasteiger partial charge < -0.3 is 11.1 Å². The minimum Gasteiger partial charge on any atom is -0.352 e. The second-order valence-corrected chi connectivity index (χ2v) is 7.64. The Hall–Kier alpha value is -2.50. The minimum atomic E-state index is -0.0325. The Morgan fingerprint density at radius 1 is 1.03 bits per heavy atom.